The highest BCUT2D eigenvalue weighted by Crippen LogP contribution is 2.44. The van der Waals surface area contributed by atoms with Crippen LogP contribution in [0.5, 0.6) is 0 Å². The summed E-state index contributed by atoms with van der Waals surface area (Å²) in [4.78, 5) is 42.5. The Morgan fingerprint density at radius 3 is 2.43 bits per heavy atom. The smallest absolute Gasteiger partial charge is 0.413 e. The van der Waals surface area contributed by atoms with E-state index in [1.807, 2.05) is 36.4 Å². The minimum atomic E-state index is -1.01. The molecular formula is C25H23N3O6S. The van der Waals surface area contributed by atoms with Crippen LogP contribution < -0.4 is 5.32 Å². The molecule has 5 rings (SSSR count). The summed E-state index contributed by atoms with van der Waals surface area (Å²) in [5.41, 5.74) is 4.51. The second kappa shape index (κ2) is 9.47. The van der Waals surface area contributed by atoms with Crippen LogP contribution in [0, 0.1) is 5.92 Å². The number of carbonyl (C=O) groups excluding carboxylic acids is 2. The minimum Gasteiger partial charge on any atom is -0.481 e. The van der Waals surface area contributed by atoms with Crippen LogP contribution in [0.4, 0.5) is 9.93 Å². The predicted molar refractivity (Wildman–Crippen MR) is 129 cm³/mol. The molecule has 2 amide bonds. The van der Waals surface area contributed by atoms with Crippen LogP contribution >= 0.6 is 11.3 Å². The lowest BCUT2D eigenvalue weighted by Crippen LogP contribution is -2.43. The number of carboxylic acids is 1. The highest BCUT2D eigenvalue weighted by Gasteiger charge is 2.39. The van der Waals surface area contributed by atoms with Gasteiger partial charge >= 0.3 is 12.1 Å². The Morgan fingerprint density at radius 1 is 1.11 bits per heavy atom. The summed E-state index contributed by atoms with van der Waals surface area (Å²) in [5.74, 6) is -2.24. The molecule has 0 bridgehead atoms. The van der Waals surface area contributed by atoms with Gasteiger partial charge in [-0.15, -0.1) is 0 Å². The maximum Gasteiger partial charge on any atom is 0.413 e. The number of hydrogen-bond acceptors (Lipinski definition) is 7. The number of rotatable bonds is 6. The number of hydrogen-bond donors (Lipinski definition) is 2. The minimum absolute atomic E-state index is 0.0638. The number of aromatic nitrogens is 1. The standard InChI is InChI=1S/C25H23N3O6S/c1-28(20-13-33-11-19(20)23(30)31)22(29)21-10-26-24(35-21)27-25(32)34-12-18-16-8-4-2-6-14(16)15-7-3-5-9-17(15)18/h2-10,18-20H,11-13H2,1H3,(H,30,31)(H,26,27,32). The Labute approximate surface area is 205 Å². The van der Waals surface area contributed by atoms with E-state index in [2.05, 4.69) is 22.4 Å². The molecule has 2 unspecified atom stereocenters. The van der Waals surface area contributed by atoms with Gasteiger partial charge in [0.25, 0.3) is 5.91 Å². The van der Waals surface area contributed by atoms with Crippen molar-refractivity contribution in [1.82, 2.24) is 9.88 Å². The van der Waals surface area contributed by atoms with Crippen LogP contribution in [-0.2, 0) is 14.3 Å². The molecule has 1 aliphatic heterocycles. The van der Waals surface area contributed by atoms with Crippen LogP contribution in [0.1, 0.15) is 26.7 Å². The summed E-state index contributed by atoms with van der Waals surface area (Å²) in [6, 6.07) is 15.6. The summed E-state index contributed by atoms with van der Waals surface area (Å²) in [7, 11) is 1.54. The van der Waals surface area contributed by atoms with Crippen molar-refractivity contribution >= 4 is 34.4 Å². The van der Waals surface area contributed by atoms with E-state index < -0.39 is 24.0 Å². The average molecular weight is 494 g/mol. The van der Waals surface area contributed by atoms with E-state index in [1.54, 1.807) is 0 Å². The molecule has 0 spiro atoms. The third-order valence-corrected chi connectivity index (χ3v) is 7.36. The molecule has 1 aromatic heterocycles. The Kier molecular flexibility index (Phi) is 6.23. The molecule has 10 heteroatoms. The number of benzene rings is 2. The van der Waals surface area contributed by atoms with E-state index in [9.17, 15) is 19.5 Å². The molecule has 2 aliphatic rings. The average Bonchev–Trinajstić information content (AvgIpc) is 3.60. The fraction of sp³-hybridized carbons (Fsp3) is 0.280. The second-order valence-electron chi connectivity index (χ2n) is 8.45. The van der Waals surface area contributed by atoms with Crippen molar-refractivity contribution in [3.63, 3.8) is 0 Å². The molecule has 9 nitrogen and oxygen atoms in total. The first-order chi connectivity index (χ1) is 16.9. The largest absolute Gasteiger partial charge is 0.481 e. The van der Waals surface area contributed by atoms with Crippen molar-refractivity contribution in [3.05, 3.63) is 70.7 Å². The second-order valence-corrected chi connectivity index (χ2v) is 9.48. The van der Waals surface area contributed by atoms with Crippen molar-refractivity contribution in [2.24, 2.45) is 5.92 Å². The zero-order valence-electron chi connectivity index (χ0n) is 18.8. The fourth-order valence-electron chi connectivity index (χ4n) is 4.64. The van der Waals surface area contributed by atoms with Crippen molar-refractivity contribution in [3.8, 4) is 11.1 Å². The van der Waals surface area contributed by atoms with E-state index in [4.69, 9.17) is 9.47 Å². The lowest BCUT2D eigenvalue weighted by atomic mass is 9.98. The number of anilines is 1. The normalized spacial score (nSPS) is 18.5. The van der Waals surface area contributed by atoms with Crippen LogP contribution in [-0.4, -0.2) is 65.9 Å². The SMILES string of the molecule is CN(C(=O)c1cnc(NC(=O)OCC2c3ccccc3-c3ccccc32)s1)C1COCC1C(=O)O. The number of likely N-dealkylation sites (N-methyl/N-ethyl adjacent to an activating group) is 1. The molecule has 2 heterocycles. The van der Waals surface area contributed by atoms with Gasteiger partial charge in [0.05, 0.1) is 25.5 Å². The van der Waals surface area contributed by atoms with Crippen molar-refractivity contribution < 1.29 is 29.0 Å². The maximum atomic E-state index is 12.8. The number of aliphatic carboxylic acids is 1. The number of amides is 2. The van der Waals surface area contributed by atoms with Gasteiger partial charge in [-0.1, -0.05) is 59.9 Å². The van der Waals surface area contributed by atoms with E-state index in [1.165, 1.54) is 18.1 Å². The zero-order valence-corrected chi connectivity index (χ0v) is 19.7. The van der Waals surface area contributed by atoms with Gasteiger partial charge in [-0.05, 0) is 22.3 Å². The van der Waals surface area contributed by atoms with Crippen LogP contribution in [0.2, 0.25) is 0 Å². The number of nitrogens with one attached hydrogen (secondary N) is 1. The van der Waals surface area contributed by atoms with Gasteiger partial charge in [0.1, 0.15) is 17.4 Å². The predicted octanol–water partition coefficient (Wildman–Crippen LogP) is 3.68. The Hall–Kier alpha value is -3.76. The summed E-state index contributed by atoms with van der Waals surface area (Å²) in [6.45, 7) is 0.385. The molecule has 1 aliphatic carbocycles. The lowest BCUT2D eigenvalue weighted by molar-refractivity contribution is -0.142. The molecule has 35 heavy (non-hydrogen) atoms. The molecule has 2 aromatic carbocycles. The van der Waals surface area contributed by atoms with Crippen LogP contribution in [0.15, 0.2) is 54.7 Å². The molecule has 180 valence electrons. The highest BCUT2D eigenvalue weighted by molar-refractivity contribution is 7.17. The van der Waals surface area contributed by atoms with Gasteiger partial charge in [0, 0.05) is 13.0 Å². The number of fused-ring (bicyclic) bond motifs is 3. The number of thiazole rings is 1. The van der Waals surface area contributed by atoms with Crippen LogP contribution in [0.25, 0.3) is 11.1 Å². The maximum absolute atomic E-state index is 12.8. The summed E-state index contributed by atoms with van der Waals surface area (Å²) in [6.07, 6.45) is 0.692. The van der Waals surface area contributed by atoms with Gasteiger partial charge in [-0.3, -0.25) is 14.9 Å². The third-order valence-electron chi connectivity index (χ3n) is 6.45. The monoisotopic (exact) mass is 493 g/mol. The van der Waals surface area contributed by atoms with Crippen LogP contribution in [0.3, 0.4) is 0 Å². The van der Waals surface area contributed by atoms with Crippen molar-refractivity contribution in [2.45, 2.75) is 12.0 Å². The number of ether oxygens (including phenoxy) is 2. The number of nitrogens with zero attached hydrogens (tertiary/aromatic N) is 2. The Balaban J connectivity index is 1.21. The van der Waals surface area contributed by atoms with E-state index in [0.29, 0.717) is 0 Å². The summed E-state index contributed by atoms with van der Waals surface area (Å²) in [5, 5.41) is 12.1. The van der Waals surface area contributed by atoms with Crippen molar-refractivity contribution in [2.75, 3.05) is 32.2 Å². The summed E-state index contributed by atoms with van der Waals surface area (Å²) < 4.78 is 10.8. The molecule has 2 atom stereocenters. The number of carbonyl (C=O) groups is 3. The molecule has 0 radical (unpaired) electrons. The number of carboxylic acid groups (broad SMARTS) is 1. The van der Waals surface area contributed by atoms with Gasteiger partial charge in [0.2, 0.25) is 0 Å². The van der Waals surface area contributed by atoms with Gasteiger partial charge < -0.3 is 19.5 Å². The van der Waals surface area contributed by atoms with E-state index in [-0.39, 0.29) is 41.7 Å². The first-order valence-corrected chi connectivity index (χ1v) is 11.9. The van der Waals surface area contributed by atoms with Gasteiger partial charge in [-0.2, -0.15) is 0 Å². The molecule has 0 saturated carbocycles. The van der Waals surface area contributed by atoms with E-state index >= 15 is 0 Å². The first-order valence-electron chi connectivity index (χ1n) is 11.1. The van der Waals surface area contributed by atoms with Gasteiger partial charge in [0.15, 0.2) is 5.13 Å². The van der Waals surface area contributed by atoms with Crippen molar-refractivity contribution in [1.29, 1.82) is 0 Å². The fourth-order valence-corrected chi connectivity index (χ4v) is 5.42. The van der Waals surface area contributed by atoms with Gasteiger partial charge in [-0.25, -0.2) is 9.78 Å². The molecule has 2 N–H and O–H groups in total. The lowest BCUT2D eigenvalue weighted by Gasteiger charge is -2.25. The topological polar surface area (TPSA) is 118 Å². The third kappa shape index (κ3) is 4.38. The quantitative estimate of drug-likeness (QED) is 0.538. The first kappa shape index (κ1) is 23.0. The molecule has 1 fully saturated rings. The molecular weight excluding hydrogens is 470 g/mol. The summed E-state index contributed by atoms with van der Waals surface area (Å²) >= 11 is 0.999. The van der Waals surface area contributed by atoms with E-state index in [0.717, 1.165) is 33.6 Å². The highest BCUT2D eigenvalue weighted by atomic mass is 32.1. The Morgan fingerprint density at radius 2 is 1.77 bits per heavy atom. The Bertz CT molecular complexity index is 1250. The molecule has 3 aromatic rings. The molecule has 1 saturated heterocycles. The zero-order chi connectivity index (χ0) is 24.5.